The Kier molecular flexibility index (Phi) is 8.48. The highest BCUT2D eigenvalue weighted by atomic mass is 16.7. The molecular formula is C30H34N4O7. The maximum Gasteiger partial charge on any atom is 0.342 e. The Balaban J connectivity index is 1.21. The first-order chi connectivity index (χ1) is 19.7. The van der Waals surface area contributed by atoms with Gasteiger partial charge in [-0.2, -0.15) is 5.10 Å². The van der Waals surface area contributed by atoms with E-state index in [1.807, 2.05) is 29.2 Å². The van der Waals surface area contributed by atoms with Crippen molar-refractivity contribution < 1.29 is 33.4 Å². The molecule has 0 bridgehead atoms. The number of morpholine rings is 1. The minimum Gasteiger partial charge on any atom is -0.490 e. The summed E-state index contributed by atoms with van der Waals surface area (Å²) < 4.78 is 18.7. The van der Waals surface area contributed by atoms with Crippen molar-refractivity contribution in [1.82, 2.24) is 19.7 Å². The number of imide groups is 1. The highest BCUT2D eigenvalue weighted by Gasteiger charge is 2.40. The van der Waals surface area contributed by atoms with E-state index in [0.29, 0.717) is 10.8 Å². The van der Waals surface area contributed by atoms with E-state index in [1.165, 1.54) is 12.1 Å². The van der Waals surface area contributed by atoms with E-state index in [2.05, 4.69) is 10.00 Å². The Morgan fingerprint density at radius 3 is 2.24 bits per heavy atom. The topological polar surface area (TPSA) is 112 Å². The summed E-state index contributed by atoms with van der Waals surface area (Å²) in [5.41, 5.74) is 1.54. The molecule has 11 nitrogen and oxygen atoms in total. The predicted molar refractivity (Wildman–Crippen MR) is 148 cm³/mol. The van der Waals surface area contributed by atoms with Crippen LogP contribution in [0, 0.1) is 0 Å². The second-order valence-corrected chi connectivity index (χ2v) is 10.9. The molecule has 1 atom stereocenters. The lowest BCUT2D eigenvalue weighted by molar-refractivity contribution is -0.193. The summed E-state index contributed by atoms with van der Waals surface area (Å²) in [4.78, 5) is 46.5. The van der Waals surface area contributed by atoms with Crippen LogP contribution in [0.3, 0.4) is 0 Å². The van der Waals surface area contributed by atoms with Crippen LogP contribution in [0.25, 0.3) is 11.1 Å². The van der Waals surface area contributed by atoms with E-state index >= 15 is 0 Å². The lowest BCUT2D eigenvalue weighted by atomic mass is 10.1. The third-order valence-electron chi connectivity index (χ3n) is 6.63. The molecule has 11 heteroatoms. The zero-order valence-corrected chi connectivity index (χ0v) is 23.4. The molecule has 2 amide bonds. The van der Waals surface area contributed by atoms with E-state index < -0.39 is 29.5 Å². The molecule has 3 heterocycles. The van der Waals surface area contributed by atoms with E-state index in [1.54, 1.807) is 45.0 Å². The highest BCUT2D eigenvalue weighted by Crippen LogP contribution is 2.25. The van der Waals surface area contributed by atoms with Gasteiger partial charge in [-0.1, -0.05) is 24.3 Å². The molecule has 1 fully saturated rings. The van der Waals surface area contributed by atoms with Crippen molar-refractivity contribution >= 4 is 17.8 Å². The first-order valence-corrected chi connectivity index (χ1v) is 13.6. The molecule has 0 N–H and O–H groups in total. The zero-order chi connectivity index (χ0) is 29.0. The first-order valence-electron chi connectivity index (χ1n) is 13.6. The number of fused-ring (bicyclic) bond motifs is 1. The van der Waals surface area contributed by atoms with Crippen LogP contribution in [0.4, 0.5) is 0 Å². The fraction of sp³-hybridized carbons (Fsp3) is 0.400. The minimum absolute atomic E-state index is 0.210. The van der Waals surface area contributed by atoms with Gasteiger partial charge in [0.2, 0.25) is 6.10 Å². The first kappa shape index (κ1) is 28.5. The third-order valence-corrected chi connectivity index (χ3v) is 6.63. The molecule has 0 radical (unpaired) electrons. The van der Waals surface area contributed by atoms with Gasteiger partial charge in [-0.05, 0) is 50.6 Å². The van der Waals surface area contributed by atoms with Gasteiger partial charge < -0.3 is 14.2 Å². The van der Waals surface area contributed by atoms with Crippen molar-refractivity contribution in [3.8, 4) is 16.9 Å². The number of esters is 1. The molecule has 2 aliphatic rings. The Morgan fingerprint density at radius 2 is 1.61 bits per heavy atom. The number of hydrogen-bond acceptors (Lipinski definition) is 9. The zero-order valence-electron chi connectivity index (χ0n) is 23.4. The van der Waals surface area contributed by atoms with Crippen LogP contribution in [0.2, 0.25) is 0 Å². The van der Waals surface area contributed by atoms with Crippen molar-refractivity contribution in [2.75, 3.05) is 39.5 Å². The number of ether oxygens (including phenoxy) is 3. The molecule has 0 spiro atoms. The van der Waals surface area contributed by atoms with Crippen LogP contribution < -0.4 is 4.74 Å². The maximum absolute atomic E-state index is 13.0. The SMILES string of the molecule is CC(C)(C)OC(=O)C(COc1ccc(-c2cnn(CCN3CCOCC3)c2)cc1)ON1C(=O)c2ccccc2C1=O. The van der Waals surface area contributed by atoms with Crippen LogP contribution >= 0.6 is 0 Å². The smallest absolute Gasteiger partial charge is 0.342 e. The van der Waals surface area contributed by atoms with Gasteiger partial charge in [-0.25, -0.2) is 9.63 Å². The number of rotatable bonds is 10. The van der Waals surface area contributed by atoms with Crippen molar-refractivity contribution in [2.24, 2.45) is 0 Å². The monoisotopic (exact) mass is 562 g/mol. The summed E-state index contributed by atoms with van der Waals surface area (Å²) in [7, 11) is 0. The van der Waals surface area contributed by atoms with Crippen molar-refractivity contribution in [3.63, 3.8) is 0 Å². The molecule has 2 aromatic carbocycles. The Labute approximate surface area is 238 Å². The summed E-state index contributed by atoms with van der Waals surface area (Å²) in [6.07, 6.45) is 2.47. The molecule has 2 aliphatic heterocycles. The lowest BCUT2D eigenvalue weighted by Crippen LogP contribution is -2.43. The van der Waals surface area contributed by atoms with E-state index in [4.69, 9.17) is 19.0 Å². The largest absolute Gasteiger partial charge is 0.490 e. The highest BCUT2D eigenvalue weighted by molar-refractivity contribution is 6.20. The fourth-order valence-electron chi connectivity index (χ4n) is 4.52. The average Bonchev–Trinajstić information content (AvgIpc) is 3.53. The fourth-order valence-corrected chi connectivity index (χ4v) is 4.52. The minimum atomic E-state index is -1.36. The van der Waals surface area contributed by atoms with Gasteiger partial charge in [-0.3, -0.25) is 19.2 Å². The van der Waals surface area contributed by atoms with Crippen LogP contribution in [-0.2, 0) is 25.7 Å². The molecule has 1 unspecified atom stereocenters. The van der Waals surface area contributed by atoms with Crippen molar-refractivity contribution in [2.45, 2.75) is 39.0 Å². The van der Waals surface area contributed by atoms with Gasteiger partial charge >= 0.3 is 5.97 Å². The lowest BCUT2D eigenvalue weighted by Gasteiger charge is -2.26. The number of amides is 2. The molecule has 3 aromatic rings. The quantitative estimate of drug-likeness (QED) is 0.272. The molecule has 1 aromatic heterocycles. The van der Waals surface area contributed by atoms with Gasteiger partial charge in [-0.15, -0.1) is 5.06 Å². The number of nitrogens with zero attached hydrogens (tertiary/aromatic N) is 4. The normalized spacial score (nSPS) is 16.5. The average molecular weight is 563 g/mol. The summed E-state index contributed by atoms with van der Waals surface area (Å²) in [5.74, 6) is -1.56. The van der Waals surface area contributed by atoms with Gasteiger partial charge in [0.1, 0.15) is 18.0 Å². The van der Waals surface area contributed by atoms with Gasteiger partial charge in [0.15, 0.2) is 0 Å². The van der Waals surface area contributed by atoms with Crippen LogP contribution in [0.5, 0.6) is 5.75 Å². The molecule has 1 saturated heterocycles. The number of benzene rings is 2. The van der Waals surface area contributed by atoms with E-state index in [-0.39, 0.29) is 17.7 Å². The van der Waals surface area contributed by atoms with Crippen molar-refractivity contribution in [3.05, 3.63) is 72.1 Å². The maximum atomic E-state index is 13.0. The number of carbonyl (C=O) groups is 3. The summed E-state index contributed by atoms with van der Waals surface area (Å²) in [5, 5.41) is 5.08. The number of carbonyl (C=O) groups excluding carboxylic acids is 3. The Hall–Kier alpha value is -4.06. The third kappa shape index (κ3) is 6.99. The summed E-state index contributed by atoms with van der Waals surface area (Å²) in [6, 6.07) is 13.7. The molecule has 5 rings (SSSR count). The van der Waals surface area contributed by atoms with Crippen LogP contribution in [-0.4, -0.2) is 88.7 Å². The number of aromatic nitrogens is 2. The Bertz CT molecular complexity index is 1360. The molecular weight excluding hydrogens is 528 g/mol. The van der Waals surface area contributed by atoms with Crippen LogP contribution in [0.1, 0.15) is 41.5 Å². The standard InChI is InChI=1S/C30H34N4O7/c1-30(2,3)40-29(37)26(41-34-27(35)24-6-4-5-7-25(24)28(34)36)20-39-23-10-8-21(9-11-23)22-18-31-33(19-22)13-12-32-14-16-38-17-15-32/h4-11,18-19,26H,12-17,20H2,1-3H3. The molecule has 216 valence electrons. The molecule has 41 heavy (non-hydrogen) atoms. The van der Waals surface area contributed by atoms with Gasteiger partial charge in [0.05, 0.1) is 37.1 Å². The van der Waals surface area contributed by atoms with Crippen molar-refractivity contribution in [1.29, 1.82) is 0 Å². The second kappa shape index (κ2) is 12.2. The van der Waals surface area contributed by atoms with Gasteiger partial charge in [0.25, 0.3) is 11.8 Å². The predicted octanol–water partition coefficient (Wildman–Crippen LogP) is 3.20. The van der Waals surface area contributed by atoms with E-state index in [0.717, 1.165) is 50.5 Å². The summed E-state index contributed by atoms with van der Waals surface area (Å²) >= 11 is 0. The second-order valence-electron chi connectivity index (χ2n) is 10.9. The van der Waals surface area contributed by atoms with Gasteiger partial charge in [0, 0.05) is 31.4 Å². The summed E-state index contributed by atoms with van der Waals surface area (Å²) in [6.45, 7) is 10.00. The number of hydroxylamine groups is 2. The van der Waals surface area contributed by atoms with Crippen LogP contribution in [0.15, 0.2) is 60.9 Å². The Morgan fingerprint density at radius 1 is 0.951 bits per heavy atom. The number of hydrogen-bond donors (Lipinski definition) is 0. The molecule has 0 aliphatic carbocycles. The van der Waals surface area contributed by atoms with E-state index in [9.17, 15) is 14.4 Å². The molecule has 0 saturated carbocycles.